The van der Waals surface area contributed by atoms with Gasteiger partial charge in [0, 0.05) is 5.92 Å². The van der Waals surface area contributed by atoms with Crippen LogP contribution < -0.4 is 0 Å². The minimum absolute atomic E-state index is 0.0958. The number of aromatic nitrogens is 2. The molecule has 1 heterocycles. The van der Waals surface area contributed by atoms with Crippen molar-refractivity contribution in [3.05, 3.63) is 23.5 Å². The van der Waals surface area contributed by atoms with Gasteiger partial charge < -0.3 is 0 Å². The van der Waals surface area contributed by atoms with Crippen molar-refractivity contribution >= 4 is 0 Å². The molecule has 1 aromatic rings. The van der Waals surface area contributed by atoms with Crippen molar-refractivity contribution in [3.63, 3.8) is 0 Å². The smallest absolute Gasteiger partial charge is 0.166 e. The van der Waals surface area contributed by atoms with Crippen LogP contribution in [-0.4, -0.2) is 10.2 Å². The first-order valence-electron chi connectivity index (χ1n) is 8.88. The summed E-state index contributed by atoms with van der Waals surface area (Å²) in [5.74, 6) is 0.0958. The van der Waals surface area contributed by atoms with E-state index in [1.54, 1.807) is 0 Å². The molecule has 23 heavy (non-hydrogen) atoms. The fourth-order valence-electron chi connectivity index (χ4n) is 2.81. The molecule has 0 N–H and O–H groups in total. The molecular weight excluding hydrogens is 301 g/mol. The van der Waals surface area contributed by atoms with Crippen LogP contribution in [-0.2, 0) is 6.18 Å². The molecule has 0 aromatic carbocycles. The Kier molecular flexibility index (Phi) is 9.19. The molecule has 0 unspecified atom stereocenters. The van der Waals surface area contributed by atoms with Crippen molar-refractivity contribution < 1.29 is 13.2 Å². The lowest BCUT2D eigenvalue weighted by Gasteiger charge is -2.17. The molecule has 5 heteroatoms. The Morgan fingerprint density at radius 2 is 1.48 bits per heavy atom. The number of halogens is 3. The maximum atomic E-state index is 12.9. The molecule has 1 aromatic heterocycles. The van der Waals surface area contributed by atoms with Crippen molar-refractivity contribution in [2.45, 2.75) is 90.1 Å². The number of nitrogens with zero attached hydrogens (tertiary/aromatic N) is 2. The van der Waals surface area contributed by atoms with E-state index >= 15 is 0 Å². The highest BCUT2D eigenvalue weighted by Crippen LogP contribution is 2.32. The number of hydrogen-bond donors (Lipinski definition) is 0. The predicted molar refractivity (Wildman–Crippen MR) is 87.3 cm³/mol. The van der Waals surface area contributed by atoms with Crippen molar-refractivity contribution in [1.29, 1.82) is 0 Å². The zero-order valence-corrected chi connectivity index (χ0v) is 14.3. The Balaban J connectivity index is 2.72. The van der Waals surface area contributed by atoms with Crippen LogP contribution in [0.2, 0.25) is 0 Å². The second-order valence-corrected chi connectivity index (χ2v) is 6.26. The lowest BCUT2D eigenvalue weighted by Crippen LogP contribution is -2.10. The first-order valence-corrected chi connectivity index (χ1v) is 8.88. The van der Waals surface area contributed by atoms with E-state index in [-0.39, 0.29) is 5.92 Å². The van der Waals surface area contributed by atoms with Gasteiger partial charge in [-0.25, -0.2) is 0 Å². The van der Waals surface area contributed by atoms with Gasteiger partial charge >= 0.3 is 6.18 Å². The average Bonchev–Trinajstić information content (AvgIpc) is 2.53. The molecule has 0 aliphatic heterocycles. The predicted octanol–water partition coefficient (Wildman–Crippen LogP) is 6.52. The summed E-state index contributed by atoms with van der Waals surface area (Å²) in [4.78, 5) is 0. The summed E-state index contributed by atoms with van der Waals surface area (Å²) in [7, 11) is 0. The second kappa shape index (κ2) is 10.6. The highest BCUT2D eigenvalue weighted by molar-refractivity contribution is 5.18. The average molecular weight is 330 g/mol. The molecule has 2 nitrogen and oxygen atoms in total. The third-order valence-electron chi connectivity index (χ3n) is 4.23. The third kappa shape index (κ3) is 7.80. The van der Waals surface area contributed by atoms with Crippen LogP contribution in [0.3, 0.4) is 0 Å². The second-order valence-electron chi connectivity index (χ2n) is 6.26. The maximum Gasteiger partial charge on any atom is 0.418 e. The van der Waals surface area contributed by atoms with Gasteiger partial charge in [-0.05, 0) is 18.9 Å². The largest absolute Gasteiger partial charge is 0.418 e. The first kappa shape index (κ1) is 19.9. The van der Waals surface area contributed by atoms with Gasteiger partial charge in [0.25, 0.3) is 0 Å². The summed E-state index contributed by atoms with van der Waals surface area (Å²) in [6.07, 6.45) is 7.30. The molecule has 1 rings (SSSR count). The quantitative estimate of drug-likeness (QED) is 0.432. The van der Waals surface area contributed by atoms with Crippen molar-refractivity contribution in [3.8, 4) is 0 Å². The summed E-state index contributed by atoms with van der Waals surface area (Å²) >= 11 is 0. The molecule has 0 saturated heterocycles. The van der Waals surface area contributed by atoms with Gasteiger partial charge in [0.1, 0.15) is 0 Å². The molecule has 0 aliphatic carbocycles. The van der Waals surface area contributed by atoms with Crippen LogP contribution in [0.4, 0.5) is 13.2 Å². The van der Waals surface area contributed by atoms with Crippen LogP contribution >= 0.6 is 0 Å². The zero-order chi connectivity index (χ0) is 17.1. The van der Waals surface area contributed by atoms with Crippen LogP contribution in [0, 0.1) is 0 Å². The summed E-state index contributed by atoms with van der Waals surface area (Å²) in [6, 6.07) is 1.19. The fraction of sp³-hybridized carbons (Fsp3) is 0.778. The van der Waals surface area contributed by atoms with Gasteiger partial charge in [0.05, 0.1) is 17.5 Å². The number of unbranched alkanes of at least 4 members (excludes halogenated alkanes) is 6. The topological polar surface area (TPSA) is 25.8 Å². The lowest BCUT2D eigenvalue weighted by molar-refractivity contribution is -0.138. The van der Waals surface area contributed by atoms with E-state index in [1.165, 1.54) is 18.9 Å². The maximum absolute atomic E-state index is 12.9. The Morgan fingerprint density at radius 1 is 0.913 bits per heavy atom. The van der Waals surface area contributed by atoms with Gasteiger partial charge in [0.15, 0.2) is 0 Å². The van der Waals surface area contributed by atoms with Gasteiger partial charge in [-0.15, -0.1) is 0 Å². The highest BCUT2D eigenvalue weighted by Gasteiger charge is 2.32. The SMILES string of the molecule is CCCCCCC(CCCCCC)c1cc(C(F)(F)F)cnn1. The zero-order valence-electron chi connectivity index (χ0n) is 14.3. The number of hydrogen-bond acceptors (Lipinski definition) is 2. The van der Waals surface area contributed by atoms with E-state index in [9.17, 15) is 13.2 Å². The van der Waals surface area contributed by atoms with Gasteiger partial charge in [-0.3, -0.25) is 0 Å². The van der Waals surface area contributed by atoms with Crippen LogP contribution in [0.1, 0.15) is 95.2 Å². The minimum atomic E-state index is -4.35. The van der Waals surface area contributed by atoms with Gasteiger partial charge in [-0.2, -0.15) is 23.4 Å². The van der Waals surface area contributed by atoms with Crippen molar-refractivity contribution in [2.24, 2.45) is 0 Å². The number of alkyl halides is 3. The van der Waals surface area contributed by atoms with Crippen molar-refractivity contribution in [1.82, 2.24) is 10.2 Å². The third-order valence-corrected chi connectivity index (χ3v) is 4.23. The van der Waals surface area contributed by atoms with E-state index in [4.69, 9.17) is 0 Å². The van der Waals surface area contributed by atoms with Gasteiger partial charge in [0.2, 0.25) is 0 Å². The molecule has 0 fully saturated rings. The van der Waals surface area contributed by atoms with Crippen LogP contribution in [0.5, 0.6) is 0 Å². The summed E-state index contributed by atoms with van der Waals surface area (Å²) in [6.45, 7) is 4.31. The monoisotopic (exact) mass is 330 g/mol. The van der Waals surface area contributed by atoms with E-state index in [0.29, 0.717) is 5.69 Å². The van der Waals surface area contributed by atoms with Gasteiger partial charge in [-0.1, -0.05) is 65.2 Å². The molecule has 0 amide bonds. The van der Waals surface area contributed by atoms with Crippen LogP contribution in [0.25, 0.3) is 0 Å². The Labute approximate surface area is 137 Å². The van der Waals surface area contributed by atoms with E-state index < -0.39 is 11.7 Å². The Morgan fingerprint density at radius 3 is 1.96 bits per heavy atom. The highest BCUT2D eigenvalue weighted by atomic mass is 19.4. The van der Waals surface area contributed by atoms with Crippen LogP contribution in [0.15, 0.2) is 12.3 Å². The molecule has 0 radical (unpaired) electrons. The molecule has 0 bridgehead atoms. The molecular formula is C18H29F3N2. The normalized spacial score (nSPS) is 12.1. The summed E-state index contributed by atoms with van der Waals surface area (Å²) in [5.41, 5.74) is -0.178. The van der Waals surface area contributed by atoms with E-state index in [0.717, 1.165) is 57.6 Å². The molecule has 132 valence electrons. The fourth-order valence-corrected chi connectivity index (χ4v) is 2.81. The molecule has 0 spiro atoms. The standard InChI is InChI=1S/C18H29F3N2/c1-3-5-7-9-11-15(12-10-8-6-4-2)17-13-16(14-22-23-17)18(19,20)21/h13-15H,3-12H2,1-2H3. The minimum Gasteiger partial charge on any atom is -0.166 e. The van der Waals surface area contributed by atoms with E-state index in [2.05, 4.69) is 24.0 Å². The molecule has 0 atom stereocenters. The Bertz CT molecular complexity index is 421. The first-order chi connectivity index (χ1) is 11.0. The molecule has 0 aliphatic rings. The Hall–Kier alpha value is -1.13. The summed E-state index contributed by atoms with van der Waals surface area (Å²) < 4.78 is 38.6. The van der Waals surface area contributed by atoms with E-state index in [1.807, 2.05) is 0 Å². The lowest BCUT2D eigenvalue weighted by atomic mass is 9.91. The van der Waals surface area contributed by atoms with Crippen molar-refractivity contribution in [2.75, 3.05) is 0 Å². The summed E-state index contributed by atoms with van der Waals surface area (Å²) in [5, 5.41) is 7.59. The molecule has 0 saturated carbocycles. The number of rotatable bonds is 11.